The standard InChI is InChI=1S/C19H17N3O/c1-12-11-16(13-5-3-2-4-6-13)15-9-10-17(21-18(15)20-12)22-19(23)14-7-8-14/h2-6,9-11,14H,7-8H2,1H3,(H,20,21,22,23). The van der Waals surface area contributed by atoms with Crippen LogP contribution in [0.3, 0.4) is 0 Å². The van der Waals surface area contributed by atoms with Crippen LogP contribution >= 0.6 is 0 Å². The lowest BCUT2D eigenvalue weighted by atomic mass is 10.0. The van der Waals surface area contributed by atoms with Gasteiger partial charge < -0.3 is 5.32 Å². The van der Waals surface area contributed by atoms with Gasteiger partial charge >= 0.3 is 0 Å². The van der Waals surface area contributed by atoms with Gasteiger partial charge in [-0.1, -0.05) is 30.3 Å². The summed E-state index contributed by atoms with van der Waals surface area (Å²) in [6, 6.07) is 16.1. The third kappa shape index (κ3) is 2.80. The fraction of sp³-hybridized carbons (Fsp3) is 0.211. The summed E-state index contributed by atoms with van der Waals surface area (Å²) in [5.74, 6) is 0.803. The van der Waals surface area contributed by atoms with Crippen LogP contribution in [0.4, 0.5) is 5.82 Å². The molecule has 0 saturated heterocycles. The first kappa shape index (κ1) is 13.9. The summed E-state index contributed by atoms with van der Waals surface area (Å²) < 4.78 is 0. The van der Waals surface area contributed by atoms with Gasteiger partial charge in [-0.25, -0.2) is 9.97 Å². The molecule has 1 aliphatic rings. The average Bonchev–Trinajstić information content (AvgIpc) is 3.39. The zero-order valence-electron chi connectivity index (χ0n) is 12.9. The van der Waals surface area contributed by atoms with Crippen LogP contribution in [0.5, 0.6) is 0 Å². The van der Waals surface area contributed by atoms with E-state index >= 15 is 0 Å². The molecule has 4 nitrogen and oxygen atoms in total. The second kappa shape index (κ2) is 5.47. The van der Waals surface area contributed by atoms with E-state index in [-0.39, 0.29) is 11.8 Å². The van der Waals surface area contributed by atoms with Crippen molar-refractivity contribution in [3.05, 3.63) is 54.2 Å². The molecule has 4 heteroatoms. The Balaban J connectivity index is 1.78. The molecule has 0 aliphatic heterocycles. The average molecular weight is 303 g/mol. The van der Waals surface area contributed by atoms with Gasteiger partial charge in [-0.15, -0.1) is 0 Å². The molecular weight excluding hydrogens is 286 g/mol. The van der Waals surface area contributed by atoms with E-state index in [1.165, 1.54) is 0 Å². The summed E-state index contributed by atoms with van der Waals surface area (Å²) in [5.41, 5.74) is 3.83. The van der Waals surface area contributed by atoms with Crippen LogP contribution in [0, 0.1) is 12.8 Å². The summed E-state index contributed by atoms with van der Waals surface area (Å²) in [6.07, 6.45) is 1.96. The third-order valence-corrected chi connectivity index (χ3v) is 4.08. The highest BCUT2D eigenvalue weighted by atomic mass is 16.2. The van der Waals surface area contributed by atoms with Crippen molar-refractivity contribution < 1.29 is 4.79 Å². The van der Waals surface area contributed by atoms with E-state index in [0.717, 1.165) is 35.0 Å². The van der Waals surface area contributed by atoms with Crippen molar-refractivity contribution in [2.75, 3.05) is 5.32 Å². The van der Waals surface area contributed by atoms with Crippen LogP contribution in [-0.2, 0) is 4.79 Å². The number of benzene rings is 1. The molecule has 1 N–H and O–H groups in total. The van der Waals surface area contributed by atoms with E-state index in [0.29, 0.717) is 11.5 Å². The van der Waals surface area contributed by atoms with Crippen LogP contribution in [0.15, 0.2) is 48.5 Å². The van der Waals surface area contributed by atoms with Gasteiger partial charge in [0.15, 0.2) is 5.65 Å². The van der Waals surface area contributed by atoms with Crippen LogP contribution < -0.4 is 5.32 Å². The molecule has 0 spiro atoms. The number of nitrogens with zero attached hydrogens (tertiary/aromatic N) is 2. The summed E-state index contributed by atoms with van der Waals surface area (Å²) >= 11 is 0. The highest BCUT2D eigenvalue weighted by Crippen LogP contribution is 2.31. The Morgan fingerprint density at radius 3 is 2.61 bits per heavy atom. The molecule has 1 aliphatic carbocycles. The van der Waals surface area contributed by atoms with Gasteiger partial charge in [-0.2, -0.15) is 0 Å². The van der Waals surface area contributed by atoms with E-state index in [1.54, 1.807) is 0 Å². The van der Waals surface area contributed by atoms with E-state index < -0.39 is 0 Å². The Hall–Kier alpha value is -2.75. The molecule has 1 saturated carbocycles. The molecule has 0 bridgehead atoms. The predicted octanol–water partition coefficient (Wildman–Crippen LogP) is 3.95. The van der Waals surface area contributed by atoms with Crippen LogP contribution in [0.2, 0.25) is 0 Å². The quantitative estimate of drug-likeness (QED) is 0.797. The van der Waals surface area contributed by atoms with Gasteiger partial charge in [-0.05, 0) is 49.1 Å². The number of aromatic nitrogens is 2. The summed E-state index contributed by atoms with van der Waals surface area (Å²) in [5, 5.41) is 3.88. The fourth-order valence-corrected chi connectivity index (χ4v) is 2.73. The van der Waals surface area contributed by atoms with E-state index in [4.69, 9.17) is 0 Å². The van der Waals surface area contributed by atoms with Crippen LogP contribution in [-0.4, -0.2) is 15.9 Å². The lowest BCUT2D eigenvalue weighted by Crippen LogP contribution is -2.14. The number of pyridine rings is 2. The first-order chi connectivity index (χ1) is 11.2. The lowest BCUT2D eigenvalue weighted by molar-refractivity contribution is -0.117. The zero-order chi connectivity index (χ0) is 15.8. The first-order valence-corrected chi connectivity index (χ1v) is 7.85. The second-order valence-electron chi connectivity index (χ2n) is 6.01. The number of nitrogens with one attached hydrogen (secondary N) is 1. The Morgan fingerprint density at radius 1 is 1.09 bits per heavy atom. The minimum Gasteiger partial charge on any atom is -0.310 e. The number of carbonyl (C=O) groups is 1. The Morgan fingerprint density at radius 2 is 1.87 bits per heavy atom. The highest BCUT2D eigenvalue weighted by molar-refractivity contribution is 5.96. The number of carbonyl (C=O) groups excluding carboxylic acids is 1. The Labute approximate surface area is 134 Å². The van der Waals surface area contributed by atoms with Gasteiger partial charge in [0, 0.05) is 17.0 Å². The molecule has 1 aromatic carbocycles. The van der Waals surface area contributed by atoms with Crippen LogP contribution in [0.25, 0.3) is 22.2 Å². The summed E-state index contributed by atoms with van der Waals surface area (Å²) in [4.78, 5) is 21.0. The second-order valence-corrected chi connectivity index (χ2v) is 6.01. The number of aryl methyl sites for hydroxylation is 1. The maximum Gasteiger partial charge on any atom is 0.228 e. The normalized spacial score (nSPS) is 14.0. The molecule has 2 heterocycles. The molecule has 1 fully saturated rings. The van der Waals surface area contributed by atoms with Crippen molar-refractivity contribution in [1.82, 2.24) is 9.97 Å². The van der Waals surface area contributed by atoms with E-state index in [9.17, 15) is 4.79 Å². The molecular formula is C19H17N3O. The number of amides is 1. The smallest absolute Gasteiger partial charge is 0.228 e. The molecule has 0 unspecified atom stereocenters. The van der Waals surface area contributed by atoms with Gasteiger partial charge in [0.05, 0.1) is 0 Å². The van der Waals surface area contributed by atoms with Crippen molar-refractivity contribution in [2.45, 2.75) is 19.8 Å². The van der Waals surface area contributed by atoms with Gasteiger partial charge in [0.1, 0.15) is 5.82 Å². The minimum absolute atomic E-state index is 0.0628. The topological polar surface area (TPSA) is 54.9 Å². The molecule has 23 heavy (non-hydrogen) atoms. The number of fused-ring (bicyclic) bond motifs is 1. The number of hydrogen-bond acceptors (Lipinski definition) is 3. The summed E-state index contributed by atoms with van der Waals surface area (Å²) in [7, 11) is 0. The minimum atomic E-state index is 0.0628. The summed E-state index contributed by atoms with van der Waals surface area (Å²) in [6.45, 7) is 1.96. The molecule has 0 atom stereocenters. The van der Waals surface area contributed by atoms with Crippen molar-refractivity contribution >= 4 is 22.8 Å². The molecule has 4 rings (SSSR count). The molecule has 114 valence electrons. The lowest BCUT2D eigenvalue weighted by Gasteiger charge is -2.09. The van der Waals surface area contributed by atoms with Gasteiger partial charge in [0.25, 0.3) is 0 Å². The van der Waals surface area contributed by atoms with Crippen molar-refractivity contribution in [2.24, 2.45) is 5.92 Å². The monoisotopic (exact) mass is 303 g/mol. The van der Waals surface area contributed by atoms with Crippen molar-refractivity contribution in [1.29, 1.82) is 0 Å². The maximum absolute atomic E-state index is 11.9. The van der Waals surface area contributed by atoms with Crippen LogP contribution in [0.1, 0.15) is 18.5 Å². The molecule has 0 radical (unpaired) electrons. The SMILES string of the molecule is Cc1cc(-c2ccccc2)c2ccc(NC(=O)C3CC3)nc2n1. The number of anilines is 1. The largest absolute Gasteiger partial charge is 0.310 e. The maximum atomic E-state index is 11.9. The third-order valence-electron chi connectivity index (χ3n) is 4.08. The molecule has 1 amide bonds. The molecule has 2 aromatic heterocycles. The molecule has 3 aromatic rings. The van der Waals surface area contributed by atoms with Gasteiger partial charge in [-0.3, -0.25) is 4.79 Å². The zero-order valence-corrected chi connectivity index (χ0v) is 12.9. The van der Waals surface area contributed by atoms with E-state index in [2.05, 4.69) is 33.5 Å². The van der Waals surface area contributed by atoms with Gasteiger partial charge in [0.2, 0.25) is 5.91 Å². The Bertz CT molecular complexity index is 886. The van der Waals surface area contributed by atoms with Crippen molar-refractivity contribution in [3.63, 3.8) is 0 Å². The Kier molecular flexibility index (Phi) is 3.30. The number of rotatable bonds is 3. The van der Waals surface area contributed by atoms with Crippen molar-refractivity contribution in [3.8, 4) is 11.1 Å². The number of hydrogen-bond donors (Lipinski definition) is 1. The highest BCUT2D eigenvalue weighted by Gasteiger charge is 2.29. The predicted molar refractivity (Wildman–Crippen MR) is 91.1 cm³/mol. The van der Waals surface area contributed by atoms with E-state index in [1.807, 2.05) is 37.3 Å². The first-order valence-electron chi connectivity index (χ1n) is 7.85. The fourth-order valence-electron chi connectivity index (χ4n) is 2.73.